The molecule has 1 aromatic rings. The normalized spacial score (nSPS) is 16.0. The molecular weight excluding hydrogens is 344 g/mol. The number of hydrogen-bond donors (Lipinski definition) is 1. The van der Waals surface area contributed by atoms with Crippen LogP contribution >= 0.6 is 0 Å². The Labute approximate surface area is 162 Å². The molecule has 6 heteroatoms. The molecule has 1 aliphatic heterocycles. The number of rotatable bonds is 11. The highest BCUT2D eigenvalue weighted by Crippen LogP contribution is 2.16. The Morgan fingerprint density at radius 2 is 1.93 bits per heavy atom. The first-order valence-electron chi connectivity index (χ1n) is 9.95. The summed E-state index contributed by atoms with van der Waals surface area (Å²) >= 11 is 0. The molecule has 2 rings (SSSR count). The van der Waals surface area contributed by atoms with Crippen molar-refractivity contribution in [2.45, 2.75) is 58.0 Å². The van der Waals surface area contributed by atoms with Gasteiger partial charge in [0.05, 0.1) is 18.8 Å². The summed E-state index contributed by atoms with van der Waals surface area (Å²) in [6.45, 7) is 4.20. The third kappa shape index (κ3) is 6.63. The molecule has 1 heterocycles. The number of aliphatic hydroxyl groups is 1. The van der Waals surface area contributed by atoms with E-state index in [-0.39, 0.29) is 18.0 Å². The molecule has 0 aromatic heterocycles. The fourth-order valence-corrected chi connectivity index (χ4v) is 3.36. The second-order valence-corrected chi connectivity index (χ2v) is 7.10. The van der Waals surface area contributed by atoms with Gasteiger partial charge in [0.1, 0.15) is 0 Å². The third-order valence-corrected chi connectivity index (χ3v) is 5.06. The summed E-state index contributed by atoms with van der Waals surface area (Å²) in [5.74, 6) is -0.207. The Morgan fingerprint density at radius 3 is 2.59 bits per heavy atom. The number of nitrogens with zero attached hydrogens (tertiary/aromatic N) is 2. The van der Waals surface area contributed by atoms with Crippen LogP contribution in [0.1, 0.15) is 61.4 Å². The van der Waals surface area contributed by atoms with E-state index in [1.807, 2.05) is 17.1 Å². The van der Waals surface area contributed by atoms with Gasteiger partial charge in [-0.25, -0.2) is 9.80 Å². The summed E-state index contributed by atoms with van der Waals surface area (Å²) in [6.07, 6.45) is 5.86. The maximum absolute atomic E-state index is 12.2. The van der Waals surface area contributed by atoms with Gasteiger partial charge < -0.3 is 9.84 Å². The molecule has 0 radical (unpaired) electrons. The number of hydrogen-bond acceptors (Lipinski definition) is 5. The lowest BCUT2D eigenvalue weighted by Crippen LogP contribution is -2.41. The van der Waals surface area contributed by atoms with Crippen molar-refractivity contribution < 1.29 is 19.4 Å². The standard InChI is InChI=1S/C21H32N2O4/c1-3-4-5-6-19(24)12-14-22-15-13-20(25)23(22)16-11-17-7-9-18(10-8-17)21(26)27-2/h7-10,19,24H,3-6,11-16H2,1-2H3. The summed E-state index contributed by atoms with van der Waals surface area (Å²) < 4.78 is 4.70. The lowest BCUT2D eigenvalue weighted by Gasteiger charge is -2.28. The number of methoxy groups -OCH3 is 1. The fourth-order valence-electron chi connectivity index (χ4n) is 3.36. The Morgan fingerprint density at radius 1 is 1.19 bits per heavy atom. The molecule has 1 amide bonds. The number of carbonyl (C=O) groups excluding carboxylic acids is 2. The molecule has 0 saturated carbocycles. The number of hydrazine groups is 1. The highest BCUT2D eigenvalue weighted by Gasteiger charge is 2.28. The highest BCUT2D eigenvalue weighted by molar-refractivity contribution is 5.89. The van der Waals surface area contributed by atoms with E-state index in [4.69, 9.17) is 4.74 Å². The Balaban J connectivity index is 1.81. The van der Waals surface area contributed by atoms with Gasteiger partial charge in [0.15, 0.2) is 0 Å². The number of ether oxygens (including phenoxy) is 1. The van der Waals surface area contributed by atoms with Crippen LogP contribution in [0.4, 0.5) is 0 Å². The van der Waals surface area contributed by atoms with Crippen molar-refractivity contribution >= 4 is 11.9 Å². The highest BCUT2D eigenvalue weighted by atomic mass is 16.5. The van der Waals surface area contributed by atoms with Crippen molar-refractivity contribution in [3.05, 3.63) is 35.4 Å². The molecule has 1 atom stereocenters. The topological polar surface area (TPSA) is 70.1 Å². The van der Waals surface area contributed by atoms with Gasteiger partial charge in [-0.1, -0.05) is 38.3 Å². The lowest BCUT2D eigenvalue weighted by atomic mass is 10.1. The van der Waals surface area contributed by atoms with E-state index in [9.17, 15) is 14.7 Å². The van der Waals surface area contributed by atoms with Crippen LogP contribution in [0, 0.1) is 0 Å². The van der Waals surface area contributed by atoms with Crippen LogP contribution < -0.4 is 0 Å². The van der Waals surface area contributed by atoms with Crippen LogP contribution in [-0.4, -0.2) is 59.8 Å². The zero-order chi connectivity index (χ0) is 19.6. The smallest absolute Gasteiger partial charge is 0.337 e. The minimum absolute atomic E-state index is 0.140. The largest absolute Gasteiger partial charge is 0.465 e. The SMILES string of the molecule is CCCCCC(O)CCN1CCC(=O)N1CCc1ccc(C(=O)OC)cc1. The van der Waals surface area contributed by atoms with E-state index < -0.39 is 0 Å². The minimum Gasteiger partial charge on any atom is -0.465 e. The van der Waals surface area contributed by atoms with Gasteiger partial charge in [0, 0.05) is 26.1 Å². The van der Waals surface area contributed by atoms with Crippen molar-refractivity contribution in [3.63, 3.8) is 0 Å². The van der Waals surface area contributed by atoms with Crippen LogP contribution in [0.15, 0.2) is 24.3 Å². The molecule has 27 heavy (non-hydrogen) atoms. The average molecular weight is 376 g/mol. The molecule has 1 fully saturated rings. The molecule has 0 bridgehead atoms. The van der Waals surface area contributed by atoms with Crippen LogP contribution in [-0.2, 0) is 16.0 Å². The monoisotopic (exact) mass is 376 g/mol. The molecule has 6 nitrogen and oxygen atoms in total. The van der Waals surface area contributed by atoms with E-state index in [0.717, 1.165) is 44.2 Å². The summed E-state index contributed by atoms with van der Waals surface area (Å²) in [4.78, 5) is 23.7. The maximum Gasteiger partial charge on any atom is 0.337 e. The van der Waals surface area contributed by atoms with Crippen molar-refractivity contribution in [1.29, 1.82) is 0 Å². The van der Waals surface area contributed by atoms with E-state index in [1.54, 1.807) is 12.1 Å². The van der Waals surface area contributed by atoms with Crippen LogP contribution in [0.25, 0.3) is 0 Å². The van der Waals surface area contributed by atoms with Gasteiger partial charge in [0.2, 0.25) is 5.91 Å². The second kappa shape index (κ2) is 11.0. The quantitative estimate of drug-likeness (QED) is 0.475. The van der Waals surface area contributed by atoms with Gasteiger partial charge in [0.25, 0.3) is 0 Å². The molecule has 1 saturated heterocycles. The molecule has 1 aromatic carbocycles. The summed E-state index contributed by atoms with van der Waals surface area (Å²) in [6, 6.07) is 7.29. The molecule has 0 spiro atoms. The van der Waals surface area contributed by atoms with Gasteiger partial charge in [-0.2, -0.15) is 0 Å². The number of benzene rings is 1. The second-order valence-electron chi connectivity index (χ2n) is 7.10. The molecule has 1 unspecified atom stereocenters. The van der Waals surface area contributed by atoms with E-state index in [1.165, 1.54) is 7.11 Å². The van der Waals surface area contributed by atoms with Crippen LogP contribution in [0.2, 0.25) is 0 Å². The molecule has 1 aliphatic rings. The Bertz CT molecular complexity index is 603. The summed E-state index contributed by atoms with van der Waals surface area (Å²) in [5, 5.41) is 14.0. The minimum atomic E-state index is -0.347. The Kier molecular flexibility index (Phi) is 8.75. The maximum atomic E-state index is 12.2. The van der Waals surface area contributed by atoms with E-state index in [0.29, 0.717) is 31.5 Å². The number of aliphatic hydroxyl groups excluding tert-OH is 1. The Hall–Kier alpha value is -1.92. The summed E-state index contributed by atoms with van der Waals surface area (Å²) in [5.41, 5.74) is 1.60. The number of carbonyl (C=O) groups is 2. The molecular formula is C21H32N2O4. The number of amides is 1. The number of esters is 1. The zero-order valence-corrected chi connectivity index (χ0v) is 16.5. The first-order valence-corrected chi connectivity index (χ1v) is 9.95. The van der Waals surface area contributed by atoms with E-state index in [2.05, 4.69) is 11.9 Å². The fraction of sp³-hybridized carbons (Fsp3) is 0.619. The first-order chi connectivity index (χ1) is 13.0. The van der Waals surface area contributed by atoms with Crippen molar-refractivity contribution in [3.8, 4) is 0 Å². The van der Waals surface area contributed by atoms with Gasteiger partial charge in [-0.15, -0.1) is 0 Å². The average Bonchev–Trinajstić information content (AvgIpc) is 3.04. The molecule has 1 N–H and O–H groups in total. The first kappa shape index (κ1) is 21.4. The van der Waals surface area contributed by atoms with Gasteiger partial charge in [-0.05, 0) is 37.0 Å². The van der Waals surface area contributed by atoms with Gasteiger partial charge >= 0.3 is 5.97 Å². The van der Waals surface area contributed by atoms with Crippen molar-refractivity contribution in [1.82, 2.24) is 10.0 Å². The van der Waals surface area contributed by atoms with Gasteiger partial charge in [-0.3, -0.25) is 9.80 Å². The molecule has 150 valence electrons. The van der Waals surface area contributed by atoms with Crippen molar-refractivity contribution in [2.24, 2.45) is 0 Å². The summed E-state index contributed by atoms with van der Waals surface area (Å²) in [7, 11) is 1.37. The van der Waals surface area contributed by atoms with Crippen LogP contribution in [0.3, 0.4) is 0 Å². The predicted octanol–water partition coefficient (Wildman–Crippen LogP) is 2.80. The number of unbranched alkanes of at least 4 members (excludes halogenated alkanes) is 2. The van der Waals surface area contributed by atoms with Crippen molar-refractivity contribution in [2.75, 3.05) is 26.7 Å². The lowest BCUT2D eigenvalue weighted by molar-refractivity contribution is -0.138. The van der Waals surface area contributed by atoms with E-state index >= 15 is 0 Å². The molecule has 0 aliphatic carbocycles. The third-order valence-electron chi connectivity index (χ3n) is 5.06. The zero-order valence-electron chi connectivity index (χ0n) is 16.5. The predicted molar refractivity (Wildman–Crippen MR) is 104 cm³/mol. The van der Waals surface area contributed by atoms with Crippen LogP contribution in [0.5, 0.6) is 0 Å².